The van der Waals surface area contributed by atoms with E-state index in [1.807, 2.05) is 35.7 Å². The summed E-state index contributed by atoms with van der Waals surface area (Å²) in [5, 5.41) is 5.20. The zero-order valence-corrected chi connectivity index (χ0v) is 16.1. The highest BCUT2D eigenvalue weighted by Gasteiger charge is 2.17. The van der Waals surface area contributed by atoms with E-state index in [1.54, 1.807) is 39.3 Å². The number of ether oxygens (including phenoxy) is 3. The van der Waals surface area contributed by atoms with Crippen molar-refractivity contribution in [3.63, 3.8) is 0 Å². The summed E-state index contributed by atoms with van der Waals surface area (Å²) in [5.41, 5.74) is 1.74. The van der Waals surface area contributed by atoms with E-state index in [0.29, 0.717) is 16.6 Å². The van der Waals surface area contributed by atoms with Crippen molar-refractivity contribution in [1.29, 1.82) is 0 Å². The standard InChI is InChI=1S/C20H20N2O4S/c1-13(26-17-6-4-5-16(11-17)25-3)19(23)22-20-21-18(12-27-20)14-7-9-15(24-2)10-8-14/h4-13H,1-3H3,(H,21,22,23). The number of thiazole rings is 1. The highest BCUT2D eigenvalue weighted by atomic mass is 32.1. The van der Waals surface area contributed by atoms with E-state index in [4.69, 9.17) is 14.2 Å². The van der Waals surface area contributed by atoms with Crippen LogP contribution in [0.15, 0.2) is 53.9 Å². The SMILES string of the molecule is COc1ccc(-c2csc(NC(=O)C(C)Oc3cccc(OC)c3)n2)cc1. The predicted octanol–water partition coefficient (Wildman–Crippen LogP) is 4.23. The van der Waals surface area contributed by atoms with E-state index in [-0.39, 0.29) is 5.91 Å². The number of carbonyl (C=O) groups is 1. The van der Waals surface area contributed by atoms with Crippen LogP contribution in [0, 0.1) is 0 Å². The van der Waals surface area contributed by atoms with Crippen molar-refractivity contribution in [3.05, 3.63) is 53.9 Å². The second kappa shape index (κ2) is 8.55. The molecular formula is C20H20N2O4S. The molecule has 1 heterocycles. The molecule has 6 nitrogen and oxygen atoms in total. The molecule has 0 saturated carbocycles. The minimum absolute atomic E-state index is 0.270. The molecule has 0 radical (unpaired) electrons. The highest BCUT2D eigenvalue weighted by Crippen LogP contribution is 2.27. The molecule has 3 aromatic rings. The van der Waals surface area contributed by atoms with Gasteiger partial charge in [-0.05, 0) is 43.3 Å². The van der Waals surface area contributed by atoms with Crippen molar-refractivity contribution in [1.82, 2.24) is 4.98 Å². The predicted molar refractivity (Wildman–Crippen MR) is 106 cm³/mol. The van der Waals surface area contributed by atoms with Crippen LogP contribution in [0.2, 0.25) is 0 Å². The summed E-state index contributed by atoms with van der Waals surface area (Å²) < 4.78 is 16.0. The fraction of sp³-hybridized carbons (Fsp3) is 0.200. The van der Waals surface area contributed by atoms with E-state index in [9.17, 15) is 4.79 Å². The summed E-state index contributed by atoms with van der Waals surface area (Å²) in [5.74, 6) is 1.75. The maximum atomic E-state index is 12.4. The normalized spacial score (nSPS) is 11.5. The van der Waals surface area contributed by atoms with Crippen LogP contribution in [0.3, 0.4) is 0 Å². The fourth-order valence-electron chi connectivity index (χ4n) is 2.36. The van der Waals surface area contributed by atoms with Crippen LogP contribution in [0.25, 0.3) is 11.3 Å². The molecule has 3 rings (SSSR count). The number of aromatic nitrogens is 1. The maximum absolute atomic E-state index is 12.4. The third-order valence-corrected chi connectivity index (χ3v) is 4.60. The molecule has 7 heteroatoms. The van der Waals surface area contributed by atoms with Gasteiger partial charge in [-0.15, -0.1) is 11.3 Å². The number of amides is 1. The summed E-state index contributed by atoms with van der Waals surface area (Å²) in [4.78, 5) is 16.8. The number of hydrogen-bond acceptors (Lipinski definition) is 6. The Morgan fingerprint density at radius 1 is 1.04 bits per heavy atom. The average molecular weight is 384 g/mol. The number of hydrogen-bond donors (Lipinski definition) is 1. The molecule has 0 bridgehead atoms. The first kappa shape index (κ1) is 18.7. The lowest BCUT2D eigenvalue weighted by Gasteiger charge is -2.14. The van der Waals surface area contributed by atoms with Gasteiger partial charge in [0.1, 0.15) is 17.2 Å². The molecule has 1 aromatic heterocycles. The summed E-state index contributed by atoms with van der Waals surface area (Å²) in [6.45, 7) is 1.69. The highest BCUT2D eigenvalue weighted by molar-refractivity contribution is 7.14. The smallest absolute Gasteiger partial charge is 0.266 e. The molecule has 0 saturated heterocycles. The van der Waals surface area contributed by atoms with Crippen molar-refractivity contribution in [2.45, 2.75) is 13.0 Å². The van der Waals surface area contributed by atoms with Gasteiger partial charge in [0, 0.05) is 17.0 Å². The molecule has 1 unspecified atom stereocenters. The Morgan fingerprint density at radius 3 is 2.44 bits per heavy atom. The van der Waals surface area contributed by atoms with E-state index in [2.05, 4.69) is 10.3 Å². The molecule has 27 heavy (non-hydrogen) atoms. The fourth-order valence-corrected chi connectivity index (χ4v) is 3.09. The molecular weight excluding hydrogens is 364 g/mol. The Labute approximate surface area is 161 Å². The first-order valence-corrected chi connectivity index (χ1v) is 9.18. The van der Waals surface area contributed by atoms with Gasteiger partial charge in [-0.3, -0.25) is 10.1 Å². The van der Waals surface area contributed by atoms with Crippen molar-refractivity contribution in [2.24, 2.45) is 0 Å². The number of rotatable bonds is 7. The molecule has 0 fully saturated rings. The van der Waals surface area contributed by atoms with Crippen molar-refractivity contribution in [2.75, 3.05) is 19.5 Å². The number of nitrogens with one attached hydrogen (secondary N) is 1. The topological polar surface area (TPSA) is 69.7 Å². The summed E-state index contributed by atoms with van der Waals surface area (Å²) in [6, 6.07) is 14.7. The molecule has 0 aliphatic rings. The lowest BCUT2D eigenvalue weighted by molar-refractivity contribution is -0.122. The van der Waals surface area contributed by atoms with Crippen LogP contribution in [0.5, 0.6) is 17.2 Å². The zero-order valence-electron chi connectivity index (χ0n) is 15.3. The minimum atomic E-state index is -0.676. The van der Waals surface area contributed by atoms with Gasteiger partial charge in [0.2, 0.25) is 0 Å². The van der Waals surface area contributed by atoms with Crippen LogP contribution in [0.1, 0.15) is 6.92 Å². The van der Waals surface area contributed by atoms with E-state index in [0.717, 1.165) is 17.0 Å². The molecule has 1 amide bonds. The van der Waals surface area contributed by atoms with Crippen LogP contribution in [-0.2, 0) is 4.79 Å². The monoisotopic (exact) mass is 384 g/mol. The Kier molecular flexibility index (Phi) is 5.93. The van der Waals surface area contributed by atoms with Gasteiger partial charge < -0.3 is 14.2 Å². The minimum Gasteiger partial charge on any atom is -0.497 e. The van der Waals surface area contributed by atoms with Gasteiger partial charge in [-0.25, -0.2) is 4.98 Å². The van der Waals surface area contributed by atoms with Crippen molar-refractivity contribution >= 4 is 22.4 Å². The van der Waals surface area contributed by atoms with Gasteiger partial charge in [0.25, 0.3) is 5.91 Å². The number of anilines is 1. The Balaban J connectivity index is 1.62. The van der Waals surface area contributed by atoms with E-state index in [1.165, 1.54) is 11.3 Å². The van der Waals surface area contributed by atoms with E-state index >= 15 is 0 Å². The van der Waals surface area contributed by atoms with Gasteiger partial charge >= 0.3 is 0 Å². The Morgan fingerprint density at radius 2 is 1.74 bits per heavy atom. The second-order valence-electron chi connectivity index (χ2n) is 5.69. The second-order valence-corrected chi connectivity index (χ2v) is 6.55. The van der Waals surface area contributed by atoms with Crippen LogP contribution >= 0.6 is 11.3 Å². The lowest BCUT2D eigenvalue weighted by atomic mass is 10.2. The molecule has 1 N–H and O–H groups in total. The molecule has 1 atom stereocenters. The third kappa shape index (κ3) is 4.77. The molecule has 0 aliphatic carbocycles. The van der Waals surface area contributed by atoms with Crippen LogP contribution in [-0.4, -0.2) is 31.2 Å². The Bertz CT molecular complexity index is 908. The maximum Gasteiger partial charge on any atom is 0.266 e. The molecule has 2 aromatic carbocycles. The largest absolute Gasteiger partial charge is 0.497 e. The summed E-state index contributed by atoms with van der Waals surface area (Å²) in [6.07, 6.45) is -0.676. The average Bonchev–Trinajstić information content (AvgIpc) is 3.16. The third-order valence-electron chi connectivity index (χ3n) is 3.84. The molecule has 0 spiro atoms. The molecule has 0 aliphatic heterocycles. The first-order chi connectivity index (χ1) is 13.1. The molecule has 140 valence electrons. The van der Waals surface area contributed by atoms with E-state index < -0.39 is 6.10 Å². The quantitative estimate of drug-likeness (QED) is 0.660. The number of nitrogens with zero attached hydrogens (tertiary/aromatic N) is 1. The van der Waals surface area contributed by atoms with Gasteiger partial charge in [0.15, 0.2) is 11.2 Å². The van der Waals surface area contributed by atoms with Crippen molar-refractivity contribution in [3.8, 4) is 28.5 Å². The lowest BCUT2D eigenvalue weighted by Crippen LogP contribution is -2.30. The Hall–Kier alpha value is -3.06. The van der Waals surface area contributed by atoms with Crippen molar-refractivity contribution < 1.29 is 19.0 Å². The van der Waals surface area contributed by atoms with Gasteiger partial charge in [-0.1, -0.05) is 6.07 Å². The number of carbonyl (C=O) groups excluding carboxylic acids is 1. The summed E-state index contributed by atoms with van der Waals surface area (Å²) in [7, 11) is 3.21. The summed E-state index contributed by atoms with van der Waals surface area (Å²) >= 11 is 1.36. The van der Waals surface area contributed by atoms with Crippen LogP contribution in [0.4, 0.5) is 5.13 Å². The van der Waals surface area contributed by atoms with Crippen LogP contribution < -0.4 is 19.5 Å². The number of methoxy groups -OCH3 is 2. The van der Waals surface area contributed by atoms with Gasteiger partial charge in [0.05, 0.1) is 19.9 Å². The number of benzene rings is 2. The zero-order chi connectivity index (χ0) is 19.2. The van der Waals surface area contributed by atoms with Gasteiger partial charge in [-0.2, -0.15) is 0 Å². The first-order valence-electron chi connectivity index (χ1n) is 8.30.